The van der Waals surface area contributed by atoms with Crippen LogP contribution >= 0.6 is 22.7 Å². The number of ether oxygens (including phenoxy) is 10. The van der Waals surface area contributed by atoms with Crippen LogP contribution in [0, 0.1) is 0 Å². The van der Waals surface area contributed by atoms with E-state index in [0.717, 1.165) is 233 Å². The van der Waals surface area contributed by atoms with Gasteiger partial charge in [0, 0.05) is 126 Å². The number of carbonyl (C=O) groups is 2. The number of esters is 2. The second-order valence-corrected chi connectivity index (χ2v) is 35.7. The van der Waals surface area contributed by atoms with Gasteiger partial charge < -0.3 is 76.1 Å². The predicted octanol–water partition coefficient (Wildman–Crippen LogP) is 30.5. The Labute approximate surface area is 819 Å². The minimum atomic E-state index is -0.755. The number of hydrogen-bond donors (Lipinski definition) is 0. The van der Waals surface area contributed by atoms with Crippen molar-refractivity contribution in [2.75, 3.05) is 89.7 Å². The lowest BCUT2D eigenvalue weighted by Crippen LogP contribution is -2.20. The Morgan fingerprint density at radius 2 is 0.436 bits per heavy atom. The maximum absolute atomic E-state index is 14.6. The van der Waals surface area contributed by atoms with Gasteiger partial charge in [-0.1, -0.05) is 48.5 Å². The standard InChI is InChI=1S/C120H96N6O12S2/c1-11-137-119(127)118(120(128)138-12-2)117-107-69-77(115-67-65-113(139-115)75-13-19-87(20-14-75)125-109-61-39-89(121(79-23-43-93(129-3)44-24-79)80-25-45-94(130-4)46-26-80)71-103(109)104-72-90(40-62-110(104)125)122(81-27-47-95(131-5)48-28-81)82-29-49-96(132-6)50-30-82)17-59-101(107)102-60-18-78(70-108(102)117)116-68-66-114(140-116)76-15-21-88(22-16-76)126-111-63-41-91(123(83-31-51-97(133-7)52-32-83)84-33-53-98(134-8)54-34-84)73-105(111)106-74-92(42-64-112(106)126)124(85-35-55-99(135-9)56-36-85)86-37-57-100(136-10)58-38-86/h13-74H,11-12H2,1-10H3. The fourth-order valence-electron chi connectivity index (χ4n) is 19.0. The molecular weight excluding hydrogens is 1780 g/mol. The highest BCUT2D eigenvalue weighted by molar-refractivity contribution is 7.19. The number of hydrogen-bond acceptors (Lipinski definition) is 18. The van der Waals surface area contributed by atoms with Crippen LogP contribution in [0.3, 0.4) is 0 Å². The molecule has 20 heteroatoms. The van der Waals surface area contributed by atoms with E-state index < -0.39 is 11.9 Å². The third kappa shape index (κ3) is 16.8. The molecule has 0 saturated carbocycles. The molecule has 4 aromatic heterocycles. The van der Waals surface area contributed by atoms with Crippen LogP contribution in [0.2, 0.25) is 0 Å². The lowest BCUT2D eigenvalue weighted by Gasteiger charge is -2.26. The van der Waals surface area contributed by atoms with Gasteiger partial charge >= 0.3 is 11.9 Å². The molecule has 18 nitrogen and oxygen atoms in total. The van der Waals surface area contributed by atoms with E-state index in [0.29, 0.717) is 5.57 Å². The number of methoxy groups -OCH3 is 8. The summed E-state index contributed by atoms with van der Waals surface area (Å²) in [5, 5.41) is 4.16. The van der Waals surface area contributed by atoms with Gasteiger partial charge in [0.25, 0.3) is 0 Å². The fraction of sp³-hybridized carbons (Fsp3) is 0.100. The molecule has 0 spiro atoms. The molecule has 1 aliphatic carbocycles. The normalized spacial score (nSPS) is 11.5. The Kier molecular flexibility index (Phi) is 24.6. The number of rotatable bonds is 30. The van der Waals surface area contributed by atoms with Crippen molar-refractivity contribution in [1.82, 2.24) is 9.13 Å². The minimum absolute atomic E-state index is 0.0508. The SMILES string of the molecule is CCOC(=O)C(C(=O)OCC)=C1c2cc(-c3ccc(-c4ccc(-n5c6ccc(N(c7ccc(OC)cc7)c7ccc(OC)cc7)cc6c6cc(N(c7ccc(OC)cc7)c7ccc(OC)cc7)ccc65)cc4)s3)ccc2-c2ccc(-c3ccc(-c4ccc(-n5c6ccc(N(c7ccc(OC)cc7)c7ccc(OC)cc7)cc6c6cc(N(c7ccc(OC)cc7)c7ccc(OC)cc7)ccc65)cc4)s3)cc21. The molecule has 1 aliphatic rings. The molecule has 0 unspecified atom stereocenters. The summed E-state index contributed by atoms with van der Waals surface area (Å²) in [7, 11) is 13.4. The van der Waals surface area contributed by atoms with Gasteiger partial charge in [0.15, 0.2) is 5.57 Å². The number of aromatic nitrogens is 2. The zero-order chi connectivity index (χ0) is 95.8. The monoisotopic (exact) mass is 1880 g/mol. The van der Waals surface area contributed by atoms with Crippen molar-refractivity contribution in [2.45, 2.75) is 13.8 Å². The lowest BCUT2D eigenvalue weighted by atomic mass is 9.95. The number of fused-ring (bicyclic) bond motifs is 9. The van der Waals surface area contributed by atoms with Crippen molar-refractivity contribution in [1.29, 1.82) is 0 Å². The first-order valence-corrected chi connectivity index (χ1v) is 47.6. The predicted molar refractivity (Wildman–Crippen MR) is 568 cm³/mol. The molecule has 20 aromatic rings. The molecule has 0 amide bonds. The van der Waals surface area contributed by atoms with Crippen LogP contribution < -0.4 is 57.5 Å². The zero-order valence-electron chi connectivity index (χ0n) is 78.6. The molecule has 21 rings (SSSR count). The van der Waals surface area contributed by atoms with Crippen LogP contribution in [0.15, 0.2) is 382 Å². The van der Waals surface area contributed by atoms with E-state index in [-0.39, 0.29) is 18.8 Å². The average molecular weight is 1880 g/mol. The Bertz CT molecular complexity index is 7080. The first kappa shape index (κ1) is 89.3. The second-order valence-electron chi connectivity index (χ2n) is 33.5. The highest BCUT2D eigenvalue weighted by atomic mass is 32.1. The molecule has 16 aromatic carbocycles. The van der Waals surface area contributed by atoms with E-state index in [1.807, 2.05) is 97.1 Å². The third-order valence-electron chi connectivity index (χ3n) is 25.8. The van der Waals surface area contributed by atoms with Gasteiger partial charge in [-0.2, -0.15) is 0 Å². The molecule has 0 saturated heterocycles. The summed E-state index contributed by atoms with van der Waals surface area (Å²) in [4.78, 5) is 42.3. The first-order valence-electron chi connectivity index (χ1n) is 46.0. The molecule has 690 valence electrons. The molecule has 0 radical (unpaired) electrons. The molecular formula is C120H96N6O12S2. The van der Waals surface area contributed by atoms with Gasteiger partial charge in [0.1, 0.15) is 46.0 Å². The summed E-state index contributed by atoms with van der Waals surface area (Å²) in [5.74, 6) is 4.54. The van der Waals surface area contributed by atoms with Crippen LogP contribution in [-0.2, 0) is 19.1 Å². The van der Waals surface area contributed by atoms with E-state index >= 15 is 0 Å². The largest absolute Gasteiger partial charge is 0.497 e. The van der Waals surface area contributed by atoms with Crippen LogP contribution in [0.5, 0.6) is 46.0 Å². The Balaban J connectivity index is 0.611. The minimum Gasteiger partial charge on any atom is -0.497 e. The summed E-state index contributed by atoms with van der Waals surface area (Å²) in [5.41, 5.74) is 24.8. The van der Waals surface area contributed by atoms with Gasteiger partial charge in [0.2, 0.25) is 0 Å². The van der Waals surface area contributed by atoms with Crippen LogP contribution in [0.25, 0.3) is 113 Å². The Morgan fingerprint density at radius 3 is 0.650 bits per heavy atom. The van der Waals surface area contributed by atoms with Gasteiger partial charge in [-0.15, -0.1) is 22.7 Å². The Morgan fingerprint density at radius 1 is 0.229 bits per heavy atom. The molecule has 0 N–H and O–H groups in total. The number of benzene rings is 16. The second kappa shape index (κ2) is 38.5. The summed E-state index contributed by atoms with van der Waals surface area (Å²) in [6, 6.07) is 131. The number of nitrogens with zero attached hydrogens (tertiary/aromatic N) is 6. The highest BCUT2D eigenvalue weighted by Crippen LogP contribution is 2.53. The van der Waals surface area contributed by atoms with Crippen molar-refractivity contribution < 1.29 is 57.0 Å². The van der Waals surface area contributed by atoms with Crippen molar-refractivity contribution in [2.24, 2.45) is 0 Å². The topological polar surface area (TPSA) is 149 Å². The van der Waals surface area contributed by atoms with Gasteiger partial charge in [0.05, 0.1) is 92.2 Å². The fourth-order valence-corrected chi connectivity index (χ4v) is 21.0. The van der Waals surface area contributed by atoms with Crippen LogP contribution in [0.1, 0.15) is 25.0 Å². The summed E-state index contributed by atoms with van der Waals surface area (Å²) in [6.45, 7) is 3.59. The van der Waals surface area contributed by atoms with E-state index in [1.165, 1.54) is 0 Å². The third-order valence-corrected chi connectivity index (χ3v) is 28.2. The summed E-state index contributed by atoms with van der Waals surface area (Å²) >= 11 is 3.34. The van der Waals surface area contributed by atoms with E-state index in [1.54, 1.807) is 93.4 Å². The molecule has 0 fully saturated rings. The van der Waals surface area contributed by atoms with E-state index in [2.05, 4.69) is 308 Å². The summed E-state index contributed by atoms with van der Waals surface area (Å²) in [6.07, 6.45) is 0. The number of thiophene rings is 2. The van der Waals surface area contributed by atoms with Crippen molar-refractivity contribution in [3.05, 3.63) is 393 Å². The van der Waals surface area contributed by atoms with Crippen molar-refractivity contribution in [3.8, 4) is 110 Å². The smallest absolute Gasteiger partial charge is 0.346 e. The van der Waals surface area contributed by atoms with Crippen LogP contribution in [0.4, 0.5) is 68.2 Å². The maximum Gasteiger partial charge on any atom is 0.346 e. The average Bonchev–Trinajstić information content (AvgIpc) is 1.58. The van der Waals surface area contributed by atoms with Gasteiger partial charge in [-0.3, -0.25) is 0 Å². The summed E-state index contributed by atoms with van der Waals surface area (Å²) < 4.78 is 61.5. The molecule has 0 atom stereocenters. The molecule has 4 heterocycles. The maximum atomic E-state index is 14.6. The van der Waals surface area contributed by atoms with Crippen molar-refractivity contribution in [3.63, 3.8) is 0 Å². The molecule has 0 aliphatic heterocycles. The quantitative estimate of drug-likeness (QED) is 0.0182. The number of carbonyl (C=O) groups excluding carboxylic acids is 2. The highest BCUT2D eigenvalue weighted by Gasteiger charge is 2.36. The lowest BCUT2D eigenvalue weighted by molar-refractivity contribution is -0.146. The van der Waals surface area contributed by atoms with Crippen LogP contribution in [-0.4, -0.2) is 91.2 Å². The van der Waals surface area contributed by atoms with E-state index in [4.69, 9.17) is 47.4 Å². The molecule has 0 bridgehead atoms. The molecule has 140 heavy (non-hydrogen) atoms. The first-order chi connectivity index (χ1) is 68.7. The Hall–Kier alpha value is -17.2. The van der Waals surface area contributed by atoms with E-state index in [9.17, 15) is 9.59 Å². The van der Waals surface area contributed by atoms with Gasteiger partial charge in [-0.05, 0) is 386 Å². The van der Waals surface area contributed by atoms with Gasteiger partial charge in [-0.25, -0.2) is 9.59 Å². The van der Waals surface area contributed by atoms with Crippen molar-refractivity contribution >= 4 is 152 Å². The zero-order valence-corrected chi connectivity index (χ0v) is 80.2. The number of anilines is 12.